The van der Waals surface area contributed by atoms with Crippen molar-refractivity contribution < 1.29 is 4.42 Å². The summed E-state index contributed by atoms with van der Waals surface area (Å²) >= 11 is 0. The maximum Gasteiger partial charge on any atom is 0.216 e. The standard InChI is InChI=1S/C16H21N7O.HI/c1-17-16(19-8-11-23-9-2-3-10-23)18-7-6-14-20-15(22-21-14)13-5-4-12-24-13;/h2-5,9-10,12H,6-8,11H2,1H3,(H2,17,18,19)(H,20,21,22);1H. The first kappa shape index (κ1) is 19.0. The zero-order chi connectivity index (χ0) is 16.6. The normalized spacial score (nSPS) is 11.2. The zero-order valence-electron chi connectivity index (χ0n) is 14.0. The van der Waals surface area contributed by atoms with Crippen LogP contribution in [0, 0.1) is 0 Å². The molecule has 25 heavy (non-hydrogen) atoms. The Morgan fingerprint density at radius 2 is 2.04 bits per heavy atom. The van der Waals surface area contributed by atoms with Crippen molar-refractivity contribution in [1.82, 2.24) is 30.4 Å². The first-order valence-electron chi connectivity index (χ1n) is 7.85. The van der Waals surface area contributed by atoms with Gasteiger partial charge >= 0.3 is 0 Å². The fraction of sp³-hybridized carbons (Fsp3) is 0.312. The van der Waals surface area contributed by atoms with E-state index in [1.165, 1.54) is 0 Å². The molecule has 0 aliphatic heterocycles. The van der Waals surface area contributed by atoms with E-state index < -0.39 is 0 Å². The summed E-state index contributed by atoms with van der Waals surface area (Å²) in [6.07, 6.45) is 6.40. The van der Waals surface area contributed by atoms with E-state index in [9.17, 15) is 0 Å². The Morgan fingerprint density at radius 3 is 2.76 bits per heavy atom. The van der Waals surface area contributed by atoms with Gasteiger partial charge in [-0.25, -0.2) is 4.98 Å². The Morgan fingerprint density at radius 1 is 1.24 bits per heavy atom. The molecule has 3 aromatic heterocycles. The van der Waals surface area contributed by atoms with Gasteiger partial charge in [-0.3, -0.25) is 10.1 Å². The first-order chi connectivity index (χ1) is 11.8. The van der Waals surface area contributed by atoms with Crippen LogP contribution >= 0.6 is 24.0 Å². The van der Waals surface area contributed by atoms with Crippen molar-refractivity contribution in [2.75, 3.05) is 20.1 Å². The molecule has 3 heterocycles. The van der Waals surface area contributed by atoms with Gasteiger partial charge in [0.05, 0.1) is 6.26 Å². The van der Waals surface area contributed by atoms with E-state index in [1.54, 1.807) is 13.3 Å². The van der Waals surface area contributed by atoms with Crippen LogP contribution in [0.4, 0.5) is 0 Å². The largest absolute Gasteiger partial charge is 0.461 e. The van der Waals surface area contributed by atoms with Crippen LogP contribution in [-0.2, 0) is 13.0 Å². The van der Waals surface area contributed by atoms with Gasteiger partial charge in [-0.1, -0.05) is 0 Å². The lowest BCUT2D eigenvalue weighted by molar-refractivity contribution is 0.577. The molecule has 3 rings (SSSR count). The second-order valence-corrected chi connectivity index (χ2v) is 5.18. The highest BCUT2D eigenvalue weighted by Crippen LogP contribution is 2.14. The topological polar surface area (TPSA) is 96.1 Å². The SMILES string of the molecule is CN=C(NCCc1nc(-c2ccco2)n[nH]1)NCCn1cccc1.I. The van der Waals surface area contributed by atoms with Crippen LogP contribution in [0.15, 0.2) is 52.3 Å². The lowest BCUT2D eigenvalue weighted by Crippen LogP contribution is -2.39. The number of hydrogen-bond donors (Lipinski definition) is 3. The quantitative estimate of drug-likeness (QED) is 0.287. The highest BCUT2D eigenvalue weighted by atomic mass is 127. The van der Waals surface area contributed by atoms with Crippen molar-refractivity contribution in [2.24, 2.45) is 4.99 Å². The molecule has 0 unspecified atom stereocenters. The van der Waals surface area contributed by atoms with Crippen molar-refractivity contribution in [3.05, 3.63) is 48.7 Å². The molecule has 0 amide bonds. The summed E-state index contributed by atoms with van der Waals surface area (Å²) in [4.78, 5) is 8.62. The Balaban J connectivity index is 0.00000225. The van der Waals surface area contributed by atoms with Crippen LogP contribution in [0.25, 0.3) is 11.6 Å². The summed E-state index contributed by atoms with van der Waals surface area (Å²) in [5.41, 5.74) is 0. The molecule has 0 saturated carbocycles. The molecule has 0 aliphatic carbocycles. The van der Waals surface area contributed by atoms with Gasteiger partial charge in [0.1, 0.15) is 5.82 Å². The van der Waals surface area contributed by atoms with Gasteiger partial charge in [0.25, 0.3) is 0 Å². The molecule has 0 atom stereocenters. The Labute approximate surface area is 163 Å². The maximum atomic E-state index is 5.28. The van der Waals surface area contributed by atoms with Gasteiger partial charge in [-0.15, -0.1) is 24.0 Å². The van der Waals surface area contributed by atoms with Crippen molar-refractivity contribution >= 4 is 29.9 Å². The van der Waals surface area contributed by atoms with E-state index in [0.717, 1.165) is 24.9 Å². The average Bonchev–Trinajstić information content (AvgIpc) is 3.34. The smallest absolute Gasteiger partial charge is 0.216 e. The number of nitrogens with one attached hydrogen (secondary N) is 3. The highest BCUT2D eigenvalue weighted by Gasteiger charge is 2.08. The fourth-order valence-corrected chi connectivity index (χ4v) is 2.27. The van der Waals surface area contributed by atoms with Crippen molar-refractivity contribution in [2.45, 2.75) is 13.0 Å². The number of aromatic amines is 1. The summed E-state index contributed by atoms with van der Waals surface area (Å²) < 4.78 is 7.39. The third-order valence-corrected chi connectivity index (χ3v) is 3.48. The van der Waals surface area contributed by atoms with Crippen LogP contribution in [0.5, 0.6) is 0 Å². The molecule has 0 aromatic carbocycles. The molecule has 0 aliphatic rings. The monoisotopic (exact) mass is 455 g/mol. The first-order valence-corrected chi connectivity index (χ1v) is 7.85. The van der Waals surface area contributed by atoms with Crippen LogP contribution < -0.4 is 10.6 Å². The van der Waals surface area contributed by atoms with Crippen molar-refractivity contribution in [3.63, 3.8) is 0 Å². The third kappa shape index (κ3) is 5.62. The number of rotatable bonds is 7. The Kier molecular flexibility index (Phi) is 7.51. The van der Waals surface area contributed by atoms with Crippen LogP contribution in [0.3, 0.4) is 0 Å². The van der Waals surface area contributed by atoms with Crippen molar-refractivity contribution in [1.29, 1.82) is 0 Å². The summed E-state index contributed by atoms with van der Waals surface area (Å²) in [6, 6.07) is 7.68. The molecule has 0 radical (unpaired) electrons. The molecule has 0 bridgehead atoms. The lowest BCUT2D eigenvalue weighted by Gasteiger charge is -2.11. The molecule has 3 aromatic rings. The highest BCUT2D eigenvalue weighted by molar-refractivity contribution is 14.0. The van der Waals surface area contributed by atoms with Crippen molar-refractivity contribution in [3.8, 4) is 11.6 Å². The number of furan rings is 1. The van der Waals surface area contributed by atoms with E-state index >= 15 is 0 Å². The number of halogens is 1. The van der Waals surface area contributed by atoms with E-state index in [2.05, 4.69) is 35.4 Å². The van der Waals surface area contributed by atoms with Gasteiger partial charge < -0.3 is 19.6 Å². The van der Waals surface area contributed by atoms with E-state index in [1.807, 2.05) is 36.7 Å². The van der Waals surface area contributed by atoms with Gasteiger partial charge in [0, 0.05) is 45.5 Å². The third-order valence-electron chi connectivity index (χ3n) is 3.48. The van der Waals surface area contributed by atoms with Crippen LogP contribution in [0.2, 0.25) is 0 Å². The summed E-state index contributed by atoms with van der Waals surface area (Å²) in [7, 11) is 1.76. The molecule has 9 heteroatoms. The number of H-pyrrole nitrogens is 1. The molecule has 8 nitrogen and oxygen atoms in total. The van der Waals surface area contributed by atoms with E-state index in [-0.39, 0.29) is 24.0 Å². The predicted octanol–water partition coefficient (Wildman–Crippen LogP) is 1.89. The van der Waals surface area contributed by atoms with Gasteiger partial charge in [-0.05, 0) is 24.3 Å². The zero-order valence-corrected chi connectivity index (χ0v) is 16.3. The number of guanidine groups is 1. The minimum absolute atomic E-state index is 0. The van der Waals surface area contributed by atoms with Gasteiger partial charge in [-0.2, -0.15) is 5.10 Å². The lowest BCUT2D eigenvalue weighted by atomic mass is 10.4. The summed E-state index contributed by atoms with van der Waals surface area (Å²) in [6.45, 7) is 2.40. The molecule has 0 saturated heterocycles. The number of aromatic nitrogens is 4. The number of hydrogen-bond acceptors (Lipinski definition) is 4. The second-order valence-electron chi connectivity index (χ2n) is 5.18. The fourth-order valence-electron chi connectivity index (χ4n) is 2.27. The van der Waals surface area contributed by atoms with Crippen LogP contribution in [0.1, 0.15) is 5.82 Å². The Bertz CT molecular complexity index is 749. The van der Waals surface area contributed by atoms with E-state index in [0.29, 0.717) is 24.6 Å². The van der Waals surface area contributed by atoms with Gasteiger partial charge in [0.15, 0.2) is 11.7 Å². The predicted molar refractivity (Wildman–Crippen MR) is 107 cm³/mol. The summed E-state index contributed by atoms with van der Waals surface area (Å²) in [5, 5.41) is 13.6. The van der Waals surface area contributed by atoms with E-state index in [4.69, 9.17) is 4.42 Å². The minimum atomic E-state index is 0. The minimum Gasteiger partial charge on any atom is -0.461 e. The molecular weight excluding hydrogens is 433 g/mol. The maximum absolute atomic E-state index is 5.28. The number of aliphatic imine (C=N–C) groups is 1. The average molecular weight is 455 g/mol. The number of nitrogens with zero attached hydrogens (tertiary/aromatic N) is 4. The second kappa shape index (κ2) is 9.87. The van der Waals surface area contributed by atoms with Crippen LogP contribution in [-0.4, -0.2) is 45.8 Å². The van der Waals surface area contributed by atoms with Gasteiger partial charge in [0.2, 0.25) is 5.82 Å². The molecule has 3 N–H and O–H groups in total. The molecule has 134 valence electrons. The Hall–Kier alpha value is -2.30. The molecular formula is C16H22IN7O. The summed E-state index contributed by atoms with van der Waals surface area (Å²) in [5.74, 6) is 2.81. The molecule has 0 fully saturated rings. The molecule has 0 spiro atoms.